The zero-order valence-corrected chi connectivity index (χ0v) is 12.5. The summed E-state index contributed by atoms with van der Waals surface area (Å²) in [6.07, 6.45) is 2.10. The summed E-state index contributed by atoms with van der Waals surface area (Å²) >= 11 is 1.83. The second-order valence-corrected chi connectivity index (χ2v) is 5.26. The van der Waals surface area contributed by atoms with Gasteiger partial charge in [0.1, 0.15) is 0 Å². The van der Waals surface area contributed by atoms with Crippen LogP contribution in [0, 0.1) is 13.8 Å². The molecule has 0 aliphatic rings. The van der Waals surface area contributed by atoms with Crippen LogP contribution >= 0.6 is 11.8 Å². The van der Waals surface area contributed by atoms with Gasteiger partial charge in [0.25, 0.3) is 0 Å². The Labute approximate surface area is 114 Å². The number of thioether (sulfide) groups is 1. The van der Waals surface area contributed by atoms with Crippen molar-refractivity contribution in [1.82, 2.24) is 10.6 Å². The smallest absolute Gasteiger partial charge is 0.191 e. The summed E-state index contributed by atoms with van der Waals surface area (Å²) in [5, 5.41) is 6.62. The largest absolute Gasteiger partial charge is 0.356 e. The molecule has 3 nitrogen and oxygen atoms in total. The molecule has 18 heavy (non-hydrogen) atoms. The van der Waals surface area contributed by atoms with Crippen molar-refractivity contribution < 1.29 is 0 Å². The molecule has 0 bridgehead atoms. The van der Waals surface area contributed by atoms with Crippen LogP contribution in [0.2, 0.25) is 0 Å². The third kappa shape index (κ3) is 5.00. The average molecular weight is 265 g/mol. The molecule has 0 radical (unpaired) electrons. The number of nitrogens with zero attached hydrogens (tertiary/aromatic N) is 1. The second kappa shape index (κ2) is 8.03. The van der Waals surface area contributed by atoms with Crippen LogP contribution in [0.15, 0.2) is 23.2 Å². The van der Waals surface area contributed by atoms with E-state index in [1.165, 1.54) is 16.7 Å². The first-order valence-electron chi connectivity index (χ1n) is 6.17. The van der Waals surface area contributed by atoms with Crippen molar-refractivity contribution in [2.75, 3.05) is 25.6 Å². The number of hydrogen-bond acceptors (Lipinski definition) is 2. The van der Waals surface area contributed by atoms with E-state index in [1.54, 1.807) is 7.05 Å². The molecule has 1 rings (SSSR count). The first kappa shape index (κ1) is 14.9. The minimum atomic E-state index is 0.811. The highest BCUT2D eigenvalue weighted by atomic mass is 32.2. The molecule has 0 fully saturated rings. The predicted molar refractivity (Wildman–Crippen MR) is 82.5 cm³/mol. The summed E-state index contributed by atoms with van der Waals surface area (Å²) in [6.45, 7) is 6.01. The fourth-order valence-electron chi connectivity index (χ4n) is 1.72. The van der Waals surface area contributed by atoms with Crippen LogP contribution in [-0.4, -0.2) is 31.6 Å². The summed E-state index contributed by atoms with van der Waals surface area (Å²) in [4.78, 5) is 4.21. The zero-order valence-electron chi connectivity index (χ0n) is 11.7. The van der Waals surface area contributed by atoms with Gasteiger partial charge in [-0.1, -0.05) is 23.8 Å². The van der Waals surface area contributed by atoms with Gasteiger partial charge < -0.3 is 10.6 Å². The van der Waals surface area contributed by atoms with Gasteiger partial charge in [-0.05, 0) is 31.2 Å². The Balaban J connectivity index is 2.47. The topological polar surface area (TPSA) is 36.4 Å². The summed E-state index contributed by atoms with van der Waals surface area (Å²) in [6, 6.07) is 6.53. The van der Waals surface area contributed by atoms with Gasteiger partial charge in [0, 0.05) is 25.9 Å². The van der Waals surface area contributed by atoms with E-state index in [2.05, 4.69) is 53.9 Å². The Bertz CT molecular complexity index is 402. The van der Waals surface area contributed by atoms with Crippen molar-refractivity contribution in [3.63, 3.8) is 0 Å². The highest BCUT2D eigenvalue weighted by Crippen LogP contribution is 2.09. The third-order valence-electron chi connectivity index (χ3n) is 2.77. The van der Waals surface area contributed by atoms with Crippen LogP contribution in [0.5, 0.6) is 0 Å². The molecule has 4 heteroatoms. The minimum absolute atomic E-state index is 0.811. The average Bonchev–Trinajstić information content (AvgIpc) is 2.35. The quantitative estimate of drug-likeness (QED) is 0.487. The third-order valence-corrected chi connectivity index (χ3v) is 3.38. The molecule has 0 heterocycles. The molecule has 1 aromatic rings. The van der Waals surface area contributed by atoms with Crippen molar-refractivity contribution in [2.45, 2.75) is 20.4 Å². The number of benzene rings is 1. The van der Waals surface area contributed by atoms with Crippen LogP contribution in [0.3, 0.4) is 0 Å². The van der Waals surface area contributed by atoms with Crippen molar-refractivity contribution in [1.29, 1.82) is 0 Å². The lowest BCUT2D eigenvalue weighted by Crippen LogP contribution is -2.38. The molecule has 0 aliphatic heterocycles. The Morgan fingerprint density at radius 2 is 2.06 bits per heavy atom. The van der Waals surface area contributed by atoms with Crippen LogP contribution < -0.4 is 10.6 Å². The number of aryl methyl sites for hydroxylation is 2. The van der Waals surface area contributed by atoms with Gasteiger partial charge in [0.05, 0.1) is 0 Å². The highest BCUT2D eigenvalue weighted by Gasteiger charge is 2.00. The fourth-order valence-corrected chi connectivity index (χ4v) is 2.02. The van der Waals surface area contributed by atoms with Gasteiger partial charge in [0.15, 0.2) is 5.96 Å². The molecule has 0 spiro atoms. The lowest BCUT2D eigenvalue weighted by atomic mass is 10.1. The standard InChI is InChI=1S/C14H23N3S/c1-11-5-6-13(12(2)9-11)10-17-14(15-3)16-7-8-18-4/h5-6,9H,7-8,10H2,1-4H3,(H2,15,16,17). The maximum absolute atomic E-state index is 4.21. The molecule has 0 unspecified atom stereocenters. The Kier molecular flexibility index (Phi) is 6.65. The lowest BCUT2D eigenvalue weighted by molar-refractivity contribution is 0.828. The summed E-state index contributed by atoms with van der Waals surface area (Å²) in [5.74, 6) is 1.95. The first-order valence-corrected chi connectivity index (χ1v) is 7.56. The van der Waals surface area contributed by atoms with Gasteiger partial charge in [-0.25, -0.2) is 0 Å². The lowest BCUT2D eigenvalue weighted by Gasteiger charge is -2.13. The van der Waals surface area contributed by atoms with Gasteiger partial charge in [-0.2, -0.15) is 11.8 Å². The maximum atomic E-state index is 4.21. The summed E-state index contributed by atoms with van der Waals surface area (Å²) in [5.41, 5.74) is 3.94. The monoisotopic (exact) mass is 265 g/mol. The summed E-state index contributed by atoms with van der Waals surface area (Å²) in [7, 11) is 1.80. The van der Waals surface area contributed by atoms with E-state index in [0.717, 1.165) is 24.8 Å². The number of hydrogen-bond donors (Lipinski definition) is 2. The minimum Gasteiger partial charge on any atom is -0.356 e. The highest BCUT2D eigenvalue weighted by molar-refractivity contribution is 7.98. The molecule has 0 atom stereocenters. The molecular weight excluding hydrogens is 242 g/mol. The molecule has 0 aliphatic carbocycles. The molecule has 0 aromatic heterocycles. The molecule has 100 valence electrons. The molecule has 2 N–H and O–H groups in total. The Morgan fingerprint density at radius 3 is 2.67 bits per heavy atom. The van der Waals surface area contributed by atoms with Crippen LogP contribution in [0.1, 0.15) is 16.7 Å². The van der Waals surface area contributed by atoms with Crippen molar-refractivity contribution in [3.05, 3.63) is 34.9 Å². The molecule has 0 amide bonds. The van der Waals surface area contributed by atoms with Gasteiger partial charge in [-0.3, -0.25) is 4.99 Å². The Morgan fingerprint density at radius 1 is 1.28 bits per heavy atom. The SMILES string of the molecule is CN=C(NCCSC)NCc1ccc(C)cc1C. The number of aliphatic imine (C=N–C) groups is 1. The van der Waals surface area contributed by atoms with E-state index >= 15 is 0 Å². The van der Waals surface area contributed by atoms with Gasteiger partial charge >= 0.3 is 0 Å². The number of nitrogens with one attached hydrogen (secondary N) is 2. The van der Waals surface area contributed by atoms with E-state index in [0.29, 0.717) is 0 Å². The van der Waals surface area contributed by atoms with Crippen LogP contribution in [0.4, 0.5) is 0 Å². The fraction of sp³-hybridized carbons (Fsp3) is 0.500. The van der Waals surface area contributed by atoms with E-state index < -0.39 is 0 Å². The van der Waals surface area contributed by atoms with Crippen LogP contribution in [-0.2, 0) is 6.54 Å². The van der Waals surface area contributed by atoms with E-state index in [4.69, 9.17) is 0 Å². The zero-order chi connectivity index (χ0) is 13.4. The van der Waals surface area contributed by atoms with E-state index in [9.17, 15) is 0 Å². The number of guanidine groups is 1. The molecule has 1 aromatic carbocycles. The predicted octanol–water partition coefficient (Wildman–Crippen LogP) is 2.33. The van der Waals surface area contributed by atoms with Crippen molar-refractivity contribution in [3.8, 4) is 0 Å². The van der Waals surface area contributed by atoms with Crippen molar-refractivity contribution in [2.24, 2.45) is 4.99 Å². The second-order valence-electron chi connectivity index (χ2n) is 4.28. The van der Waals surface area contributed by atoms with Gasteiger partial charge in [-0.15, -0.1) is 0 Å². The normalized spacial score (nSPS) is 11.4. The molecule has 0 saturated heterocycles. The maximum Gasteiger partial charge on any atom is 0.191 e. The Hall–Kier alpha value is -1.16. The molecular formula is C14H23N3S. The van der Waals surface area contributed by atoms with Gasteiger partial charge in [0.2, 0.25) is 0 Å². The van der Waals surface area contributed by atoms with Crippen LogP contribution in [0.25, 0.3) is 0 Å². The summed E-state index contributed by atoms with van der Waals surface area (Å²) < 4.78 is 0. The molecule has 0 saturated carbocycles. The number of rotatable bonds is 5. The first-order chi connectivity index (χ1) is 8.67. The van der Waals surface area contributed by atoms with E-state index in [-0.39, 0.29) is 0 Å². The van der Waals surface area contributed by atoms with E-state index in [1.807, 2.05) is 11.8 Å². The van der Waals surface area contributed by atoms with Crippen molar-refractivity contribution >= 4 is 17.7 Å².